The maximum Gasteiger partial charge on any atom is 0.273 e. The van der Waals surface area contributed by atoms with Crippen molar-refractivity contribution < 1.29 is 27.6 Å². The molecular weight excluding hydrogens is 462 g/mol. The van der Waals surface area contributed by atoms with Gasteiger partial charge in [0.25, 0.3) is 21.6 Å². The van der Waals surface area contributed by atoms with Crippen molar-refractivity contribution in [2.24, 2.45) is 0 Å². The van der Waals surface area contributed by atoms with Gasteiger partial charge in [-0.25, -0.2) is 8.42 Å². The van der Waals surface area contributed by atoms with Crippen LogP contribution in [0.25, 0.3) is 0 Å². The average Bonchev–Trinajstić information content (AvgIpc) is 2.82. The molecule has 0 heterocycles. The zero-order chi connectivity index (χ0) is 24.7. The number of anilines is 1. The predicted molar refractivity (Wildman–Crippen MR) is 126 cm³/mol. The summed E-state index contributed by atoms with van der Waals surface area (Å²) >= 11 is 0. The van der Waals surface area contributed by atoms with Gasteiger partial charge in [-0.3, -0.25) is 19.6 Å². The largest absolute Gasteiger partial charge is 0.493 e. The van der Waals surface area contributed by atoms with E-state index in [1.807, 2.05) is 12.1 Å². The summed E-state index contributed by atoms with van der Waals surface area (Å²) in [6.07, 6.45) is 0. The molecule has 0 aliphatic carbocycles. The van der Waals surface area contributed by atoms with Crippen LogP contribution in [0.4, 0.5) is 11.4 Å². The Hall–Kier alpha value is -4.12. The lowest BCUT2D eigenvalue weighted by Gasteiger charge is -2.11. The molecule has 0 radical (unpaired) electrons. The van der Waals surface area contributed by atoms with Crippen LogP contribution in [-0.4, -0.2) is 39.5 Å². The Morgan fingerprint density at radius 2 is 1.71 bits per heavy atom. The van der Waals surface area contributed by atoms with Crippen LogP contribution >= 0.6 is 0 Å². The molecule has 3 aromatic rings. The third-order valence-electron chi connectivity index (χ3n) is 4.80. The molecule has 0 saturated heterocycles. The molecule has 3 rings (SSSR count). The number of rotatable bonds is 10. The lowest BCUT2D eigenvalue weighted by atomic mass is 10.2. The van der Waals surface area contributed by atoms with E-state index in [2.05, 4.69) is 10.0 Å². The van der Waals surface area contributed by atoms with Crippen LogP contribution in [-0.2, 0) is 10.0 Å². The lowest BCUT2D eigenvalue weighted by Crippen LogP contribution is -2.28. The fraction of sp³-hybridized carbons (Fsp3) is 0.174. The summed E-state index contributed by atoms with van der Waals surface area (Å²) in [7, 11) is -2.51. The quantitative estimate of drug-likeness (QED) is 0.255. The number of carbonyl (C=O) groups is 1. The van der Waals surface area contributed by atoms with Gasteiger partial charge in [-0.05, 0) is 49.4 Å². The van der Waals surface area contributed by atoms with Gasteiger partial charge >= 0.3 is 0 Å². The van der Waals surface area contributed by atoms with Crippen molar-refractivity contribution in [3.8, 4) is 11.5 Å². The number of hydrogen-bond donors (Lipinski definition) is 2. The van der Waals surface area contributed by atoms with Crippen molar-refractivity contribution in [2.45, 2.75) is 11.8 Å². The number of carbonyl (C=O) groups excluding carboxylic acids is 1. The van der Waals surface area contributed by atoms with E-state index >= 15 is 0 Å². The molecule has 0 spiro atoms. The van der Waals surface area contributed by atoms with Crippen molar-refractivity contribution in [2.75, 3.05) is 25.0 Å². The Bertz CT molecular complexity index is 1290. The number of ether oxygens (including phenoxy) is 2. The second kappa shape index (κ2) is 10.7. The molecule has 0 unspecified atom stereocenters. The Labute approximate surface area is 196 Å². The molecule has 34 heavy (non-hydrogen) atoms. The number of nitro groups is 1. The molecule has 0 aliphatic rings. The highest BCUT2D eigenvalue weighted by atomic mass is 32.2. The van der Waals surface area contributed by atoms with Crippen molar-refractivity contribution >= 4 is 27.3 Å². The van der Waals surface area contributed by atoms with Crippen LogP contribution in [0.3, 0.4) is 0 Å². The fourth-order valence-corrected chi connectivity index (χ4v) is 4.10. The number of methoxy groups -OCH3 is 1. The van der Waals surface area contributed by atoms with Gasteiger partial charge < -0.3 is 14.8 Å². The molecule has 11 heteroatoms. The first kappa shape index (κ1) is 24.5. The minimum Gasteiger partial charge on any atom is -0.493 e. The number of nitrogens with one attached hydrogen (secondary N) is 2. The lowest BCUT2D eigenvalue weighted by molar-refractivity contribution is -0.385. The topological polar surface area (TPSA) is 137 Å². The van der Waals surface area contributed by atoms with E-state index in [1.54, 1.807) is 19.2 Å². The Morgan fingerprint density at radius 1 is 1.03 bits per heavy atom. The van der Waals surface area contributed by atoms with Crippen LogP contribution in [0.5, 0.6) is 11.5 Å². The standard InChI is InChI=1S/C23H23N3O7S/c1-16-7-12-19(15-20(16)26(28)29)34(30,31)25-18-10-8-17(9-11-18)23(27)24-13-14-33-22-6-4-3-5-21(22)32-2/h3-12,15,25H,13-14H2,1-2H3,(H,24,27). The third-order valence-corrected chi connectivity index (χ3v) is 6.18. The zero-order valence-corrected chi connectivity index (χ0v) is 19.3. The number of aryl methyl sites for hydroxylation is 1. The van der Waals surface area contributed by atoms with E-state index in [1.165, 1.54) is 43.3 Å². The highest BCUT2D eigenvalue weighted by molar-refractivity contribution is 7.92. The van der Waals surface area contributed by atoms with Crippen LogP contribution < -0.4 is 19.5 Å². The smallest absolute Gasteiger partial charge is 0.273 e. The summed E-state index contributed by atoms with van der Waals surface area (Å²) < 4.78 is 38.4. The number of nitrogens with zero attached hydrogens (tertiary/aromatic N) is 1. The van der Waals surface area contributed by atoms with Crippen LogP contribution in [0.15, 0.2) is 71.6 Å². The van der Waals surface area contributed by atoms with Crippen molar-refractivity contribution in [1.29, 1.82) is 0 Å². The van der Waals surface area contributed by atoms with Gasteiger partial charge in [0.15, 0.2) is 11.5 Å². The molecule has 3 aromatic carbocycles. The van der Waals surface area contributed by atoms with E-state index < -0.39 is 14.9 Å². The summed E-state index contributed by atoms with van der Waals surface area (Å²) in [6.45, 7) is 2.00. The second-order valence-electron chi connectivity index (χ2n) is 7.14. The molecule has 0 aliphatic heterocycles. The van der Waals surface area contributed by atoms with Crippen molar-refractivity contribution in [3.63, 3.8) is 0 Å². The minimum atomic E-state index is -4.05. The average molecular weight is 486 g/mol. The second-order valence-corrected chi connectivity index (χ2v) is 8.83. The number of amides is 1. The number of benzene rings is 3. The van der Waals surface area contributed by atoms with E-state index in [-0.39, 0.29) is 35.3 Å². The predicted octanol–water partition coefficient (Wildman–Crippen LogP) is 3.52. The number of para-hydroxylation sites is 2. The van der Waals surface area contributed by atoms with Gasteiger partial charge in [0, 0.05) is 22.9 Å². The van der Waals surface area contributed by atoms with Crippen LogP contribution in [0.1, 0.15) is 15.9 Å². The molecule has 0 aromatic heterocycles. The Morgan fingerprint density at radius 3 is 2.35 bits per heavy atom. The first-order valence-electron chi connectivity index (χ1n) is 10.1. The van der Waals surface area contributed by atoms with Gasteiger partial charge in [0.2, 0.25) is 0 Å². The van der Waals surface area contributed by atoms with Gasteiger partial charge in [-0.2, -0.15) is 0 Å². The maximum atomic E-state index is 12.6. The molecule has 1 amide bonds. The van der Waals surface area contributed by atoms with Crippen LogP contribution in [0, 0.1) is 17.0 Å². The summed E-state index contributed by atoms with van der Waals surface area (Å²) in [5.41, 5.74) is 0.600. The summed E-state index contributed by atoms with van der Waals surface area (Å²) in [5.74, 6) is 0.800. The molecule has 0 fully saturated rings. The van der Waals surface area contributed by atoms with E-state index in [9.17, 15) is 23.3 Å². The highest BCUT2D eigenvalue weighted by Gasteiger charge is 2.20. The Kier molecular flexibility index (Phi) is 7.69. The molecule has 0 saturated carbocycles. The van der Waals surface area contributed by atoms with Gasteiger partial charge in [-0.1, -0.05) is 18.2 Å². The number of nitro benzene ring substituents is 1. The number of sulfonamides is 1. The van der Waals surface area contributed by atoms with Gasteiger partial charge in [-0.15, -0.1) is 0 Å². The van der Waals surface area contributed by atoms with E-state index in [0.29, 0.717) is 22.6 Å². The normalized spacial score (nSPS) is 10.9. The molecule has 2 N–H and O–H groups in total. The fourth-order valence-electron chi connectivity index (χ4n) is 3.02. The monoisotopic (exact) mass is 485 g/mol. The minimum absolute atomic E-state index is 0.208. The SMILES string of the molecule is COc1ccccc1OCCNC(=O)c1ccc(NS(=O)(=O)c2ccc(C)c([N+](=O)[O-])c2)cc1. The third kappa shape index (κ3) is 6.01. The van der Waals surface area contributed by atoms with Crippen LogP contribution in [0.2, 0.25) is 0 Å². The van der Waals surface area contributed by atoms with E-state index in [0.717, 1.165) is 6.07 Å². The van der Waals surface area contributed by atoms with Gasteiger partial charge in [0.1, 0.15) is 6.61 Å². The molecule has 0 bridgehead atoms. The molecule has 0 atom stereocenters. The summed E-state index contributed by atoms with van der Waals surface area (Å²) in [4.78, 5) is 22.6. The number of hydrogen-bond acceptors (Lipinski definition) is 7. The maximum absolute atomic E-state index is 12.6. The first-order valence-corrected chi connectivity index (χ1v) is 11.6. The first-order chi connectivity index (χ1) is 16.2. The zero-order valence-electron chi connectivity index (χ0n) is 18.5. The van der Waals surface area contributed by atoms with E-state index in [4.69, 9.17) is 9.47 Å². The van der Waals surface area contributed by atoms with Gasteiger partial charge in [0.05, 0.1) is 23.5 Å². The van der Waals surface area contributed by atoms with Crippen molar-refractivity contribution in [1.82, 2.24) is 5.32 Å². The molecule has 178 valence electrons. The molecular formula is C23H23N3O7S. The van der Waals surface area contributed by atoms with Crippen molar-refractivity contribution in [3.05, 3.63) is 88.0 Å². The highest BCUT2D eigenvalue weighted by Crippen LogP contribution is 2.26. The summed E-state index contributed by atoms with van der Waals surface area (Å²) in [6, 6.07) is 16.6. The molecule has 10 nitrogen and oxygen atoms in total. The Balaban J connectivity index is 1.57. The summed E-state index contributed by atoms with van der Waals surface area (Å²) in [5, 5.41) is 13.8.